The first-order valence-electron chi connectivity index (χ1n) is 11.9. The topological polar surface area (TPSA) is 66.9 Å². The average molecular weight is 444 g/mol. The van der Waals surface area contributed by atoms with E-state index in [0.717, 1.165) is 41.5 Å². The van der Waals surface area contributed by atoms with Crippen molar-refractivity contribution in [2.75, 3.05) is 18.0 Å². The van der Waals surface area contributed by atoms with Crippen molar-refractivity contribution in [2.45, 2.75) is 58.2 Å². The second kappa shape index (κ2) is 7.70. The molecule has 0 N–H and O–H groups in total. The fourth-order valence-corrected chi connectivity index (χ4v) is 5.57. The molecule has 0 radical (unpaired) electrons. The quantitative estimate of drug-likeness (QED) is 0.471. The Bertz CT molecular complexity index is 1390. The summed E-state index contributed by atoms with van der Waals surface area (Å²) in [4.78, 5) is 26.9. The van der Waals surface area contributed by atoms with E-state index < -0.39 is 0 Å². The molecule has 2 atom stereocenters. The molecule has 1 saturated heterocycles. The number of nitrogens with zero attached hydrogens (tertiary/aromatic N) is 5. The molecule has 170 valence electrons. The molecule has 6 rings (SSSR count). The third-order valence-electron chi connectivity index (χ3n) is 7.32. The van der Waals surface area contributed by atoms with Crippen molar-refractivity contribution < 1.29 is 4.42 Å². The molecule has 7 nitrogen and oxygen atoms in total. The number of benzene rings is 1. The highest BCUT2D eigenvalue weighted by atomic mass is 16.4. The van der Waals surface area contributed by atoms with Gasteiger partial charge in [0.2, 0.25) is 0 Å². The lowest BCUT2D eigenvalue weighted by Gasteiger charge is -2.51. The van der Waals surface area contributed by atoms with Gasteiger partial charge in [0.25, 0.3) is 0 Å². The van der Waals surface area contributed by atoms with E-state index in [2.05, 4.69) is 39.7 Å². The largest absolute Gasteiger partial charge is 0.421 e. The minimum Gasteiger partial charge on any atom is -0.421 e. The number of imidazole rings is 1. The Balaban J connectivity index is 1.31. The van der Waals surface area contributed by atoms with E-state index in [1.165, 1.54) is 19.3 Å². The van der Waals surface area contributed by atoms with Crippen molar-refractivity contribution in [3.05, 3.63) is 59.0 Å². The van der Waals surface area contributed by atoms with E-state index in [-0.39, 0.29) is 5.63 Å². The lowest BCUT2D eigenvalue weighted by atomic mass is 9.88. The Morgan fingerprint density at radius 1 is 1.06 bits per heavy atom. The van der Waals surface area contributed by atoms with Crippen molar-refractivity contribution in [3.63, 3.8) is 0 Å². The van der Waals surface area contributed by atoms with E-state index in [4.69, 9.17) is 4.42 Å². The van der Waals surface area contributed by atoms with E-state index in [0.29, 0.717) is 28.9 Å². The smallest absolute Gasteiger partial charge is 0.344 e. The van der Waals surface area contributed by atoms with Gasteiger partial charge >= 0.3 is 5.63 Å². The van der Waals surface area contributed by atoms with Crippen LogP contribution in [0.1, 0.15) is 38.8 Å². The van der Waals surface area contributed by atoms with Crippen LogP contribution in [0.15, 0.2) is 52.1 Å². The maximum absolute atomic E-state index is 13.0. The first-order chi connectivity index (χ1) is 16.0. The monoisotopic (exact) mass is 443 g/mol. The summed E-state index contributed by atoms with van der Waals surface area (Å²) in [7, 11) is 0. The van der Waals surface area contributed by atoms with Gasteiger partial charge < -0.3 is 13.7 Å². The summed E-state index contributed by atoms with van der Waals surface area (Å²) >= 11 is 0. The molecule has 1 aliphatic carbocycles. The number of rotatable bonds is 3. The van der Waals surface area contributed by atoms with Crippen molar-refractivity contribution in [1.82, 2.24) is 19.3 Å². The predicted octanol–water partition coefficient (Wildman–Crippen LogP) is 4.26. The van der Waals surface area contributed by atoms with Gasteiger partial charge in [-0.2, -0.15) is 0 Å². The van der Waals surface area contributed by atoms with E-state index >= 15 is 0 Å². The molecular formula is C26H29N5O2. The van der Waals surface area contributed by atoms with Crippen LogP contribution < -0.4 is 10.5 Å². The summed E-state index contributed by atoms with van der Waals surface area (Å²) in [6, 6.07) is 9.80. The van der Waals surface area contributed by atoms with Gasteiger partial charge in [0.05, 0.1) is 17.3 Å². The molecular weight excluding hydrogens is 414 g/mol. The highest BCUT2D eigenvalue weighted by molar-refractivity contribution is 5.87. The van der Waals surface area contributed by atoms with E-state index in [1.54, 1.807) is 6.20 Å². The second-order valence-electron chi connectivity index (χ2n) is 9.72. The number of anilines is 1. The summed E-state index contributed by atoms with van der Waals surface area (Å²) in [5.74, 6) is 0.470. The van der Waals surface area contributed by atoms with Crippen molar-refractivity contribution in [3.8, 4) is 11.5 Å². The fraction of sp³-hybridized carbons (Fsp3) is 0.423. The molecule has 0 unspecified atom stereocenters. The van der Waals surface area contributed by atoms with Gasteiger partial charge in [0.1, 0.15) is 5.69 Å². The van der Waals surface area contributed by atoms with Gasteiger partial charge in [-0.1, -0.05) is 12.5 Å². The molecule has 0 spiro atoms. The Morgan fingerprint density at radius 3 is 2.58 bits per heavy atom. The van der Waals surface area contributed by atoms with Gasteiger partial charge in [-0.3, -0.25) is 9.88 Å². The molecule has 0 amide bonds. The molecule has 4 aromatic rings. The van der Waals surface area contributed by atoms with Crippen LogP contribution in [0.2, 0.25) is 0 Å². The maximum atomic E-state index is 13.0. The third-order valence-corrected chi connectivity index (χ3v) is 7.32. The molecule has 4 heterocycles. The maximum Gasteiger partial charge on any atom is 0.344 e. The first kappa shape index (κ1) is 20.4. The Labute approximate surface area is 192 Å². The second-order valence-corrected chi connectivity index (χ2v) is 9.72. The van der Waals surface area contributed by atoms with Crippen molar-refractivity contribution in [1.29, 1.82) is 0 Å². The number of aryl methyl sites for hydroxylation is 1. The fourth-order valence-electron chi connectivity index (χ4n) is 5.57. The normalized spacial score (nSPS) is 22.2. The van der Waals surface area contributed by atoms with Crippen molar-refractivity contribution >= 4 is 22.1 Å². The minimum absolute atomic E-state index is 0.329. The van der Waals surface area contributed by atoms with Crippen LogP contribution in [-0.2, 0) is 0 Å². The van der Waals surface area contributed by atoms with Crippen LogP contribution in [-0.4, -0.2) is 50.5 Å². The number of hydrogen-bond acceptors (Lipinski definition) is 6. The molecule has 7 heteroatoms. The molecule has 33 heavy (non-hydrogen) atoms. The highest BCUT2D eigenvalue weighted by Gasteiger charge is 2.36. The Hall–Kier alpha value is -3.19. The van der Waals surface area contributed by atoms with Gasteiger partial charge in [-0.05, 0) is 57.2 Å². The highest BCUT2D eigenvalue weighted by Crippen LogP contribution is 2.33. The molecule has 2 aliphatic rings. The van der Waals surface area contributed by atoms with Crippen LogP contribution in [0, 0.1) is 6.92 Å². The summed E-state index contributed by atoms with van der Waals surface area (Å²) in [6.07, 6.45) is 9.51. The first-order valence-corrected chi connectivity index (χ1v) is 11.9. The summed E-state index contributed by atoms with van der Waals surface area (Å²) in [5, 5.41) is 1.48. The van der Waals surface area contributed by atoms with Gasteiger partial charge in [-0.15, -0.1) is 0 Å². The number of aromatic nitrogens is 3. The lowest BCUT2D eigenvalue weighted by molar-refractivity contribution is 0.0374. The zero-order valence-electron chi connectivity index (χ0n) is 19.4. The van der Waals surface area contributed by atoms with E-state index in [1.807, 2.05) is 41.9 Å². The standard InChI is InChI=1S/C26H29N5O2/c1-16-12-30-15-23(28-25(30)11-27-16)24-9-19-7-8-21(10-22(19)26(32)33-24)29-13-17(2)31(18(3)14-29)20-5-4-6-20/h7-12,15,17-18,20H,4-6,13-14H2,1-3H3/t17-,18+. The lowest BCUT2D eigenvalue weighted by Crippen LogP contribution is -2.61. The molecule has 0 bridgehead atoms. The van der Waals surface area contributed by atoms with Crippen molar-refractivity contribution in [2.24, 2.45) is 0 Å². The number of piperazine rings is 1. The molecule has 1 aromatic carbocycles. The molecule has 3 aromatic heterocycles. The van der Waals surface area contributed by atoms with E-state index in [9.17, 15) is 4.79 Å². The van der Waals surface area contributed by atoms with Gasteiger partial charge in [0.15, 0.2) is 11.4 Å². The van der Waals surface area contributed by atoms with Crippen LogP contribution in [0.3, 0.4) is 0 Å². The SMILES string of the molecule is Cc1cn2cc(-c3cc4ccc(N5C[C@@H](C)N(C6CCC6)[C@@H](C)C5)cc4c(=O)o3)nc2cn1. The van der Waals surface area contributed by atoms with Crippen LogP contribution in [0.25, 0.3) is 27.9 Å². The Morgan fingerprint density at radius 2 is 1.85 bits per heavy atom. The third kappa shape index (κ3) is 3.51. The summed E-state index contributed by atoms with van der Waals surface area (Å²) in [6.45, 7) is 8.54. The summed E-state index contributed by atoms with van der Waals surface area (Å²) in [5.41, 5.74) is 3.00. The number of fused-ring (bicyclic) bond motifs is 2. The predicted molar refractivity (Wildman–Crippen MR) is 130 cm³/mol. The molecule has 1 saturated carbocycles. The minimum atomic E-state index is -0.329. The Kier molecular flexibility index (Phi) is 4.76. The van der Waals surface area contributed by atoms with Crippen LogP contribution in [0.5, 0.6) is 0 Å². The number of hydrogen-bond donors (Lipinski definition) is 0. The zero-order chi connectivity index (χ0) is 22.7. The zero-order valence-corrected chi connectivity index (χ0v) is 19.4. The van der Waals surface area contributed by atoms with Gasteiger partial charge in [0, 0.05) is 49.3 Å². The van der Waals surface area contributed by atoms with Crippen LogP contribution >= 0.6 is 0 Å². The molecule has 1 aliphatic heterocycles. The van der Waals surface area contributed by atoms with Gasteiger partial charge in [-0.25, -0.2) is 9.78 Å². The van der Waals surface area contributed by atoms with Crippen LogP contribution in [0.4, 0.5) is 5.69 Å². The molecule has 2 fully saturated rings. The summed E-state index contributed by atoms with van der Waals surface area (Å²) < 4.78 is 7.61. The average Bonchev–Trinajstić information content (AvgIpc) is 3.17.